The van der Waals surface area contributed by atoms with Crippen LogP contribution >= 0.6 is 0 Å². The summed E-state index contributed by atoms with van der Waals surface area (Å²) in [5, 5.41) is 9.49. The fourth-order valence-corrected chi connectivity index (χ4v) is 1.13. The van der Waals surface area contributed by atoms with Crippen molar-refractivity contribution in [1.29, 1.82) is 0 Å². The predicted octanol–water partition coefficient (Wildman–Crippen LogP) is 1.31. The highest BCUT2D eigenvalue weighted by Crippen LogP contribution is 1.85. The third-order valence-corrected chi connectivity index (χ3v) is 2.00. The first-order valence-corrected chi connectivity index (χ1v) is 5.84. The summed E-state index contributed by atoms with van der Waals surface area (Å²) in [6, 6.07) is 6.17. The summed E-state index contributed by atoms with van der Waals surface area (Å²) in [6.45, 7) is 5.16. The van der Waals surface area contributed by atoms with Crippen molar-refractivity contribution in [1.82, 2.24) is 0 Å². The predicted molar refractivity (Wildman–Crippen MR) is 61.5 cm³/mol. The molecule has 0 bridgehead atoms. The molecule has 0 N–H and O–H groups in total. The second-order valence-corrected chi connectivity index (χ2v) is 3.59. The average Bonchev–Trinajstić information content (AvgIpc) is 2.28. The Morgan fingerprint density at radius 1 is 1.12 bits per heavy atom. The first-order valence-electron chi connectivity index (χ1n) is 5.84. The molecule has 0 unspecified atom stereocenters. The molecule has 0 aliphatic rings. The van der Waals surface area contributed by atoms with Crippen LogP contribution in [0.3, 0.4) is 0 Å². The van der Waals surface area contributed by atoms with Gasteiger partial charge in [0.2, 0.25) is 0 Å². The number of carboxylic acid groups (broad SMARTS) is 1. The lowest BCUT2D eigenvalue weighted by Crippen LogP contribution is -2.31. The van der Waals surface area contributed by atoms with Gasteiger partial charge in [-0.25, -0.2) is 4.57 Å². The number of aliphatic carboxylic acids is 1. The molecule has 0 atom stereocenters. The molecule has 3 nitrogen and oxygen atoms in total. The fraction of sp³-hybridized carbons (Fsp3) is 0.538. The van der Waals surface area contributed by atoms with Crippen LogP contribution in [0.2, 0.25) is 0 Å². The van der Waals surface area contributed by atoms with E-state index in [9.17, 15) is 9.90 Å². The number of pyridine rings is 1. The molecule has 0 aliphatic carbocycles. The highest BCUT2D eigenvalue weighted by molar-refractivity contribution is 5.63. The largest absolute Gasteiger partial charge is 0.550 e. The summed E-state index contributed by atoms with van der Waals surface area (Å²) in [4.78, 5) is 9.49. The lowest BCUT2D eigenvalue weighted by Gasteiger charge is -1.92. The van der Waals surface area contributed by atoms with Crippen molar-refractivity contribution in [3.05, 3.63) is 30.6 Å². The highest BCUT2D eigenvalue weighted by atomic mass is 16.4. The van der Waals surface area contributed by atoms with Crippen molar-refractivity contribution >= 4 is 5.97 Å². The van der Waals surface area contributed by atoms with Crippen LogP contribution in [0.1, 0.15) is 39.5 Å². The molecule has 3 heteroatoms. The topological polar surface area (TPSA) is 44.0 Å². The molecule has 1 aromatic heterocycles. The lowest BCUT2D eigenvalue weighted by atomic mass is 10.3. The number of carbonyl (C=O) groups is 1. The molecule has 0 spiro atoms. The summed E-state index contributed by atoms with van der Waals surface area (Å²) in [6.07, 6.45) is 7.60. The van der Waals surface area contributed by atoms with E-state index in [1.807, 2.05) is 6.07 Å². The minimum absolute atomic E-state index is 0.181. The maximum atomic E-state index is 9.49. The van der Waals surface area contributed by atoms with Gasteiger partial charge in [-0.15, -0.1) is 0 Å². The average molecular weight is 223 g/mol. The van der Waals surface area contributed by atoms with Crippen LogP contribution in [0.4, 0.5) is 0 Å². The SMILES string of the molecule is CCCC(=O)[O-].CCCC[n+]1ccccc1. The van der Waals surface area contributed by atoms with Crippen LogP contribution < -0.4 is 9.67 Å². The Bertz CT molecular complexity index is 273. The van der Waals surface area contributed by atoms with Crippen molar-refractivity contribution in [2.24, 2.45) is 0 Å². The molecular formula is C13H21NO2. The van der Waals surface area contributed by atoms with E-state index in [1.54, 1.807) is 6.92 Å². The molecule has 1 rings (SSSR count). The zero-order valence-corrected chi connectivity index (χ0v) is 10.2. The molecule has 0 saturated heterocycles. The van der Waals surface area contributed by atoms with Crippen molar-refractivity contribution in [3.63, 3.8) is 0 Å². The second-order valence-electron chi connectivity index (χ2n) is 3.59. The first-order chi connectivity index (χ1) is 7.70. The van der Waals surface area contributed by atoms with Gasteiger partial charge in [-0.1, -0.05) is 32.8 Å². The maximum absolute atomic E-state index is 9.49. The van der Waals surface area contributed by atoms with E-state index in [4.69, 9.17) is 0 Å². The van der Waals surface area contributed by atoms with Crippen molar-refractivity contribution in [2.75, 3.05) is 0 Å². The Morgan fingerprint density at radius 2 is 1.75 bits per heavy atom. The van der Waals surface area contributed by atoms with Gasteiger partial charge in [0, 0.05) is 24.5 Å². The Kier molecular flexibility index (Phi) is 9.27. The smallest absolute Gasteiger partial charge is 0.168 e. The zero-order valence-electron chi connectivity index (χ0n) is 10.2. The Hall–Kier alpha value is -1.38. The standard InChI is InChI=1S/C9H14N.C4H8O2/c1-2-3-7-10-8-5-4-6-9-10;1-2-3-4(5)6/h4-6,8-9H,2-3,7H2,1H3;2-3H2,1H3,(H,5,6)/q+1;/p-1. The van der Waals surface area contributed by atoms with E-state index in [-0.39, 0.29) is 6.42 Å². The number of unbranched alkanes of at least 4 members (excludes halogenated alkanes) is 1. The number of carbonyl (C=O) groups excluding carboxylic acids is 1. The van der Waals surface area contributed by atoms with Crippen molar-refractivity contribution < 1.29 is 14.5 Å². The van der Waals surface area contributed by atoms with E-state index in [2.05, 4.69) is 36.0 Å². The molecule has 0 amide bonds. The van der Waals surface area contributed by atoms with Crippen LogP contribution in [0.25, 0.3) is 0 Å². The number of rotatable bonds is 5. The molecule has 0 fully saturated rings. The molecule has 0 saturated carbocycles. The number of aryl methyl sites for hydroxylation is 1. The van der Waals surface area contributed by atoms with E-state index in [0.29, 0.717) is 6.42 Å². The summed E-state index contributed by atoms with van der Waals surface area (Å²) in [5.41, 5.74) is 0. The van der Waals surface area contributed by atoms with Crippen LogP contribution in [0, 0.1) is 0 Å². The third-order valence-electron chi connectivity index (χ3n) is 2.00. The minimum Gasteiger partial charge on any atom is -0.550 e. The van der Waals surface area contributed by atoms with E-state index < -0.39 is 5.97 Å². The van der Waals surface area contributed by atoms with Crippen LogP contribution in [0.15, 0.2) is 30.6 Å². The Balaban J connectivity index is 0.000000325. The molecule has 90 valence electrons. The second kappa shape index (κ2) is 10.1. The summed E-state index contributed by atoms with van der Waals surface area (Å²) < 4.78 is 2.21. The van der Waals surface area contributed by atoms with Gasteiger partial charge in [0.1, 0.15) is 6.54 Å². The van der Waals surface area contributed by atoms with Crippen LogP contribution in [-0.2, 0) is 11.3 Å². The Labute approximate surface area is 97.7 Å². The van der Waals surface area contributed by atoms with E-state index >= 15 is 0 Å². The fourth-order valence-electron chi connectivity index (χ4n) is 1.13. The van der Waals surface area contributed by atoms with Gasteiger partial charge in [-0.3, -0.25) is 0 Å². The van der Waals surface area contributed by atoms with Gasteiger partial charge in [-0.05, 0) is 6.42 Å². The van der Waals surface area contributed by atoms with Gasteiger partial charge in [0.15, 0.2) is 12.4 Å². The zero-order chi connectivity index (χ0) is 12.2. The van der Waals surface area contributed by atoms with E-state index in [0.717, 1.165) is 6.54 Å². The van der Waals surface area contributed by atoms with Gasteiger partial charge in [-0.2, -0.15) is 0 Å². The molecule has 16 heavy (non-hydrogen) atoms. The number of nitrogens with zero attached hydrogens (tertiary/aromatic N) is 1. The summed E-state index contributed by atoms with van der Waals surface area (Å²) in [5.74, 6) is -0.961. The van der Waals surface area contributed by atoms with Gasteiger partial charge in [0.05, 0.1) is 0 Å². The van der Waals surface area contributed by atoms with Crippen LogP contribution in [-0.4, -0.2) is 5.97 Å². The molecule has 0 radical (unpaired) electrons. The summed E-state index contributed by atoms with van der Waals surface area (Å²) in [7, 11) is 0. The third kappa shape index (κ3) is 9.19. The molecule has 1 heterocycles. The van der Waals surface area contributed by atoms with Crippen LogP contribution in [0.5, 0.6) is 0 Å². The number of hydrogen-bond acceptors (Lipinski definition) is 2. The van der Waals surface area contributed by atoms with E-state index in [1.165, 1.54) is 12.8 Å². The normalized spacial score (nSPS) is 9.12. The lowest BCUT2D eigenvalue weighted by molar-refractivity contribution is -0.697. The number of aromatic nitrogens is 1. The van der Waals surface area contributed by atoms with Crippen molar-refractivity contribution in [3.8, 4) is 0 Å². The van der Waals surface area contributed by atoms with Gasteiger partial charge in [0.25, 0.3) is 0 Å². The monoisotopic (exact) mass is 223 g/mol. The minimum atomic E-state index is -0.961. The van der Waals surface area contributed by atoms with Gasteiger partial charge < -0.3 is 9.90 Å². The number of carboxylic acids is 1. The maximum Gasteiger partial charge on any atom is 0.168 e. The summed E-state index contributed by atoms with van der Waals surface area (Å²) >= 11 is 0. The first kappa shape index (κ1) is 14.6. The van der Waals surface area contributed by atoms with Crippen molar-refractivity contribution in [2.45, 2.75) is 46.1 Å². The highest BCUT2D eigenvalue weighted by Gasteiger charge is 1.93. The molecule has 1 aromatic rings. The van der Waals surface area contributed by atoms with Gasteiger partial charge >= 0.3 is 0 Å². The molecular weight excluding hydrogens is 202 g/mol. The quantitative estimate of drug-likeness (QED) is 0.706. The molecule has 0 aromatic carbocycles. The molecule has 0 aliphatic heterocycles. The Morgan fingerprint density at radius 3 is 2.12 bits per heavy atom. The number of hydrogen-bond donors (Lipinski definition) is 0.